The number of hydrogen-bond acceptors (Lipinski definition) is 5. The maximum absolute atomic E-state index is 11.8. The first-order chi connectivity index (χ1) is 9.96. The number of carbonyl (C=O) groups is 1. The van der Waals surface area contributed by atoms with Crippen LogP contribution in [0.25, 0.3) is 11.4 Å². The van der Waals surface area contributed by atoms with E-state index in [1.807, 2.05) is 0 Å². The predicted octanol–water partition coefficient (Wildman–Crippen LogP) is 0.278. The molecular formula is C13H14N3O4S+. The SMILES string of the molecule is O=C(O)CCS(=O)(=O)C[n+]1ccc(-c2ncccn2)cc1. The van der Waals surface area contributed by atoms with Crippen molar-refractivity contribution in [2.24, 2.45) is 0 Å². The lowest BCUT2D eigenvalue weighted by Gasteiger charge is -2.01. The van der Waals surface area contributed by atoms with Crippen LogP contribution < -0.4 is 4.57 Å². The van der Waals surface area contributed by atoms with Crippen molar-refractivity contribution in [1.29, 1.82) is 0 Å². The van der Waals surface area contributed by atoms with E-state index in [1.54, 1.807) is 43.0 Å². The number of pyridine rings is 1. The van der Waals surface area contributed by atoms with Crippen LogP contribution in [0.3, 0.4) is 0 Å². The Bertz CT molecular complexity index is 715. The molecule has 0 radical (unpaired) electrons. The highest BCUT2D eigenvalue weighted by molar-refractivity contribution is 7.90. The zero-order valence-corrected chi connectivity index (χ0v) is 11.9. The quantitative estimate of drug-likeness (QED) is 0.769. The van der Waals surface area contributed by atoms with Crippen molar-refractivity contribution < 1.29 is 22.9 Å². The van der Waals surface area contributed by atoms with Gasteiger partial charge in [0.2, 0.25) is 15.7 Å². The Morgan fingerprint density at radius 3 is 2.38 bits per heavy atom. The Balaban J connectivity index is 2.08. The van der Waals surface area contributed by atoms with Crippen LogP contribution in [-0.2, 0) is 20.5 Å². The Hall–Kier alpha value is -2.35. The van der Waals surface area contributed by atoms with Crippen LogP contribution in [0.4, 0.5) is 0 Å². The Kier molecular flexibility index (Phi) is 4.59. The van der Waals surface area contributed by atoms with Gasteiger partial charge < -0.3 is 5.11 Å². The van der Waals surface area contributed by atoms with Gasteiger partial charge in [0.15, 0.2) is 18.2 Å². The molecule has 0 fully saturated rings. The highest BCUT2D eigenvalue weighted by Gasteiger charge is 2.18. The summed E-state index contributed by atoms with van der Waals surface area (Å²) in [5.74, 6) is -1.20. The molecule has 0 aliphatic heterocycles. The van der Waals surface area contributed by atoms with E-state index in [1.165, 1.54) is 4.57 Å². The van der Waals surface area contributed by atoms with Crippen LogP contribution in [0.2, 0.25) is 0 Å². The maximum atomic E-state index is 11.8. The fraction of sp³-hybridized carbons (Fsp3) is 0.231. The van der Waals surface area contributed by atoms with Crippen molar-refractivity contribution in [2.75, 3.05) is 5.75 Å². The van der Waals surface area contributed by atoms with Crippen molar-refractivity contribution >= 4 is 15.8 Å². The number of sulfone groups is 1. The fourth-order valence-electron chi connectivity index (χ4n) is 1.68. The van der Waals surface area contributed by atoms with E-state index in [0.717, 1.165) is 5.56 Å². The van der Waals surface area contributed by atoms with Gasteiger partial charge in [0.25, 0.3) is 0 Å². The molecule has 0 atom stereocenters. The van der Waals surface area contributed by atoms with Gasteiger partial charge in [0.1, 0.15) is 0 Å². The minimum Gasteiger partial charge on any atom is -0.481 e. The van der Waals surface area contributed by atoms with E-state index in [-0.39, 0.29) is 11.6 Å². The molecule has 7 nitrogen and oxygen atoms in total. The molecule has 0 aliphatic carbocycles. The third-order valence-electron chi connectivity index (χ3n) is 2.69. The minimum atomic E-state index is -3.46. The van der Waals surface area contributed by atoms with Gasteiger partial charge in [0, 0.05) is 30.1 Å². The lowest BCUT2D eigenvalue weighted by atomic mass is 10.2. The number of carboxylic acid groups (broad SMARTS) is 1. The molecule has 0 amide bonds. The van der Waals surface area contributed by atoms with Crippen LogP contribution in [0.1, 0.15) is 6.42 Å². The summed E-state index contributed by atoms with van der Waals surface area (Å²) in [6.07, 6.45) is 6.06. The molecule has 2 rings (SSSR count). The summed E-state index contributed by atoms with van der Waals surface area (Å²) in [7, 11) is -3.46. The van der Waals surface area contributed by atoms with Crippen molar-refractivity contribution in [1.82, 2.24) is 9.97 Å². The van der Waals surface area contributed by atoms with Gasteiger partial charge in [-0.25, -0.2) is 18.4 Å². The maximum Gasteiger partial charge on any atom is 0.304 e. The van der Waals surface area contributed by atoms with Crippen LogP contribution in [0.15, 0.2) is 43.0 Å². The summed E-state index contributed by atoms with van der Waals surface area (Å²) in [6.45, 7) is 0. The first-order valence-electron chi connectivity index (χ1n) is 6.15. The number of hydrogen-bond donors (Lipinski definition) is 1. The Morgan fingerprint density at radius 2 is 1.81 bits per heavy atom. The van der Waals surface area contributed by atoms with E-state index in [9.17, 15) is 13.2 Å². The number of carboxylic acids is 1. The van der Waals surface area contributed by atoms with Gasteiger partial charge in [-0.2, -0.15) is 4.57 Å². The summed E-state index contributed by atoms with van der Waals surface area (Å²) in [5.41, 5.74) is 0.773. The third-order valence-corrected chi connectivity index (χ3v) is 4.21. The number of aliphatic carboxylic acids is 1. The average molecular weight is 308 g/mol. The van der Waals surface area contributed by atoms with Crippen molar-refractivity contribution in [2.45, 2.75) is 12.3 Å². The Morgan fingerprint density at radius 1 is 1.19 bits per heavy atom. The molecule has 0 bridgehead atoms. The molecular weight excluding hydrogens is 294 g/mol. The lowest BCUT2D eigenvalue weighted by molar-refractivity contribution is -0.677. The highest BCUT2D eigenvalue weighted by Crippen LogP contribution is 2.10. The monoisotopic (exact) mass is 308 g/mol. The molecule has 8 heteroatoms. The van der Waals surface area contributed by atoms with Gasteiger partial charge in [-0.1, -0.05) is 0 Å². The van der Waals surface area contributed by atoms with E-state index in [4.69, 9.17) is 5.11 Å². The van der Waals surface area contributed by atoms with Gasteiger partial charge in [-0.3, -0.25) is 4.79 Å². The number of aromatic nitrogens is 3. The van der Waals surface area contributed by atoms with Gasteiger partial charge >= 0.3 is 5.97 Å². The van der Waals surface area contributed by atoms with Crippen molar-refractivity contribution in [3.63, 3.8) is 0 Å². The summed E-state index contributed by atoms with van der Waals surface area (Å²) < 4.78 is 25.0. The van der Waals surface area contributed by atoms with Crippen molar-refractivity contribution in [3.05, 3.63) is 43.0 Å². The van der Waals surface area contributed by atoms with E-state index < -0.39 is 22.2 Å². The van der Waals surface area contributed by atoms with E-state index >= 15 is 0 Å². The second kappa shape index (κ2) is 6.40. The molecule has 0 saturated heterocycles. The van der Waals surface area contributed by atoms with Crippen LogP contribution in [-0.4, -0.2) is 35.2 Å². The molecule has 1 N–H and O–H groups in total. The standard InChI is InChI=1S/C13H13N3O4S/c17-12(18)4-9-21(19,20)10-16-7-2-11(3-8-16)13-14-5-1-6-15-13/h1-3,5-8H,4,9-10H2/p+1. The highest BCUT2D eigenvalue weighted by atomic mass is 32.2. The lowest BCUT2D eigenvalue weighted by Crippen LogP contribution is -2.38. The summed E-state index contributed by atoms with van der Waals surface area (Å²) in [4.78, 5) is 18.6. The van der Waals surface area contributed by atoms with Gasteiger partial charge in [0.05, 0.1) is 12.2 Å². The third kappa shape index (κ3) is 4.60. The van der Waals surface area contributed by atoms with Gasteiger partial charge in [-0.05, 0) is 6.07 Å². The molecule has 2 aromatic rings. The van der Waals surface area contributed by atoms with Crippen LogP contribution >= 0.6 is 0 Å². The zero-order chi connectivity index (χ0) is 15.3. The van der Waals surface area contributed by atoms with Crippen LogP contribution in [0.5, 0.6) is 0 Å². The molecule has 0 saturated carbocycles. The minimum absolute atomic E-state index is 0.254. The topological polar surface area (TPSA) is 101 Å². The molecule has 0 aromatic carbocycles. The summed E-state index contributed by atoms with van der Waals surface area (Å²) in [6, 6.07) is 5.13. The first kappa shape index (κ1) is 15.0. The fourth-order valence-corrected chi connectivity index (χ4v) is 2.92. The average Bonchev–Trinajstić information content (AvgIpc) is 2.47. The van der Waals surface area contributed by atoms with E-state index in [0.29, 0.717) is 5.82 Å². The Labute approximate surface area is 121 Å². The zero-order valence-electron chi connectivity index (χ0n) is 11.1. The van der Waals surface area contributed by atoms with E-state index in [2.05, 4.69) is 9.97 Å². The molecule has 0 aliphatic rings. The molecule has 110 valence electrons. The van der Waals surface area contributed by atoms with Crippen molar-refractivity contribution in [3.8, 4) is 11.4 Å². The largest absolute Gasteiger partial charge is 0.481 e. The second-order valence-electron chi connectivity index (χ2n) is 4.39. The number of nitrogens with zero attached hydrogens (tertiary/aromatic N) is 3. The predicted molar refractivity (Wildman–Crippen MR) is 73.7 cm³/mol. The normalized spacial score (nSPS) is 11.2. The second-order valence-corrected chi connectivity index (χ2v) is 6.55. The molecule has 0 spiro atoms. The molecule has 2 heterocycles. The smallest absolute Gasteiger partial charge is 0.304 e. The first-order valence-corrected chi connectivity index (χ1v) is 7.97. The molecule has 0 unspecified atom stereocenters. The summed E-state index contributed by atoms with van der Waals surface area (Å²) in [5, 5.41) is 8.52. The number of rotatable bonds is 6. The molecule has 21 heavy (non-hydrogen) atoms. The van der Waals surface area contributed by atoms with Gasteiger partial charge in [-0.15, -0.1) is 0 Å². The van der Waals surface area contributed by atoms with Crippen LogP contribution in [0, 0.1) is 0 Å². The summed E-state index contributed by atoms with van der Waals surface area (Å²) >= 11 is 0. The molecule has 2 aromatic heterocycles.